The van der Waals surface area contributed by atoms with E-state index in [0.29, 0.717) is 23.3 Å². The summed E-state index contributed by atoms with van der Waals surface area (Å²) in [6.07, 6.45) is 8.05. The molecule has 250 valence electrons. The molecule has 7 rings (SSSR count). The van der Waals surface area contributed by atoms with Crippen LogP contribution in [0.2, 0.25) is 0 Å². The van der Waals surface area contributed by atoms with Crippen molar-refractivity contribution >= 4 is 21.8 Å². The second-order valence-electron chi connectivity index (χ2n) is 13.8. The number of hydrogen-bond acceptors (Lipinski definition) is 3. The number of ether oxygens (including phenoxy) is 1. The first-order valence-electron chi connectivity index (χ1n) is 16.9. The molecule has 0 N–H and O–H groups in total. The van der Waals surface area contributed by atoms with Crippen molar-refractivity contribution in [1.82, 2.24) is 19.3 Å². The molecular weight excluding hydrogens is 784 g/mol. The number of nitrogens with zero attached hydrogens (tertiary/aromatic N) is 4. The van der Waals surface area contributed by atoms with Gasteiger partial charge in [0.2, 0.25) is 0 Å². The number of rotatable bonds is 9. The topological polar surface area (TPSA) is 44.9 Å². The Morgan fingerprint density at radius 1 is 0.796 bits per heavy atom. The van der Waals surface area contributed by atoms with E-state index in [0.717, 1.165) is 57.3 Å². The third kappa shape index (κ3) is 6.87. The van der Waals surface area contributed by atoms with E-state index in [4.69, 9.17) is 14.8 Å². The van der Waals surface area contributed by atoms with Gasteiger partial charge in [-0.05, 0) is 108 Å². The first kappa shape index (κ1) is 34.4. The van der Waals surface area contributed by atoms with E-state index >= 15 is 0 Å². The molecule has 5 nitrogen and oxygen atoms in total. The molecule has 3 aromatic heterocycles. The van der Waals surface area contributed by atoms with Crippen molar-refractivity contribution in [2.45, 2.75) is 61.3 Å². The number of pyridine rings is 1. The predicted molar refractivity (Wildman–Crippen MR) is 197 cm³/mol. The Hall–Kier alpha value is -4.47. The number of benzene rings is 4. The van der Waals surface area contributed by atoms with E-state index in [2.05, 4.69) is 114 Å². The molecule has 0 saturated carbocycles. The minimum atomic E-state index is 0. The van der Waals surface area contributed by atoms with Crippen LogP contribution in [0.25, 0.3) is 44.4 Å². The van der Waals surface area contributed by atoms with Gasteiger partial charge in [0.1, 0.15) is 5.82 Å². The Labute approximate surface area is 304 Å². The Balaban J connectivity index is 0.00000417. The predicted octanol–water partition coefficient (Wildman–Crippen LogP) is 10.7. The number of hydrogen-bond donors (Lipinski definition) is 0. The molecule has 0 fully saturated rings. The third-order valence-corrected chi connectivity index (χ3v) is 9.08. The molecule has 6 heteroatoms. The number of para-hydroxylation sites is 1. The summed E-state index contributed by atoms with van der Waals surface area (Å²) in [5.74, 6) is 3.18. The SMILES string of the molecule is Cc1ccnc(-n2c3[c-]c(Oc4[c-]c(-n5cc(-c6c(CC(C)C)cc(C)c(C)c6CC(C)C)cn5)ccc4)ccc3c3ccccc32)c1.[Pt+2]. The minimum absolute atomic E-state index is 0. The fraction of sp³-hybridized carbons (Fsp3) is 0.256. The van der Waals surface area contributed by atoms with Gasteiger partial charge in [0.15, 0.2) is 0 Å². The van der Waals surface area contributed by atoms with Crippen LogP contribution < -0.4 is 4.74 Å². The maximum absolute atomic E-state index is 6.42. The molecule has 0 atom stereocenters. The molecule has 0 unspecified atom stereocenters. The maximum atomic E-state index is 6.42. The van der Waals surface area contributed by atoms with E-state index in [-0.39, 0.29) is 21.1 Å². The molecule has 0 saturated heterocycles. The van der Waals surface area contributed by atoms with E-state index < -0.39 is 0 Å². The number of aromatic nitrogens is 4. The van der Waals surface area contributed by atoms with E-state index in [9.17, 15) is 0 Å². The van der Waals surface area contributed by atoms with Crippen molar-refractivity contribution in [2.75, 3.05) is 0 Å². The van der Waals surface area contributed by atoms with Gasteiger partial charge in [0.05, 0.1) is 6.20 Å². The molecule has 0 aliphatic carbocycles. The average molecular weight is 826 g/mol. The van der Waals surface area contributed by atoms with Crippen LogP contribution in [0.1, 0.15) is 55.5 Å². The number of aryl methyl sites for hydroxylation is 2. The van der Waals surface area contributed by atoms with Crippen LogP contribution in [0.4, 0.5) is 0 Å². The summed E-state index contributed by atoms with van der Waals surface area (Å²) in [7, 11) is 0. The molecule has 3 heterocycles. The Kier molecular flexibility index (Phi) is 9.95. The first-order valence-corrected chi connectivity index (χ1v) is 16.9. The van der Waals surface area contributed by atoms with Crippen LogP contribution >= 0.6 is 0 Å². The fourth-order valence-corrected chi connectivity index (χ4v) is 6.83. The molecule has 0 aliphatic rings. The molecule has 0 amide bonds. The second-order valence-corrected chi connectivity index (χ2v) is 13.8. The standard InChI is InChI=1S/C43H42N4O.Pt/c1-27(2)19-32-22-30(6)31(7)39(20-28(3)4)43(32)33-25-45-46(26-33)34-11-10-12-35(23-34)48-36-15-16-38-37-13-8-9-14-40(37)47(41(38)24-36)42-21-29(5)17-18-44-42;/h8-18,21-22,25-28H,19-20H2,1-7H3;/q-2;+2. The number of fused-ring (bicyclic) bond motifs is 3. The molecular formula is C43H42N4OPt. The second kappa shape index (κ2) is 14.2. The van der Waals surface area contributed by atoms with Crippen molar-refractivity contribution in [1.29, 1.82) is 0 Å². The Bertz CT molecular complexity index is 2280. The van der Waals surface area contributed by atoms with Crippen molar-refractivity contribution in [3.05, 3.63) is 131 Å². The van der Waals surface area contributed by atoms with Gasteiger partial charge >= 0.3 is 21.1 Å². The van der Waals surface area contributed by atoms with Gasteiger partial charge in [-0.15, -0.1) is 35.7 Å². The average Bonchev–Trinajstić information content (AvgIpc) is 3.66. The summed E-state index contributed by atoms with van der Waals surface area (Å²) in [4.78, 5) is 4.70. The molecule has 0 radical (unpaired) electrons. The van der Waals surface area contributed by atoms with E-state index in [1.54, 1.807) is 0 Å². The molecule has 0 bridgehead atoms. The van der Waals surface area contributed by atoms with Crippen LogP contribution in [0.5, 0.6) is 11.5 Å². The van der Waals surface area contributed by atoms with Gasteiger partial charge in [0, 0.05) is 35.0 Å². The molecule has 4 aromatic carbocycles. The van der Waals surface area contributed by atoms with Gasteiger partial charge in [-0.2, -0.15) is 17.2 Å². The normalized spacial score (nSPS) is 11.5. The Morgan fingerprint density at radius 2 is 1.57 bits per heavy atom. The Morgan fingerprint density at radius 3 is 2.35 bits per heavy atom. The molecule has 7 aromatic rings. The van der Waals surface area contributed by atoms with E-state index in [1.165, 1.54) is 27.8 Å². The van der Waals surface area contributed by atoms with Gasteiger partial charge in [0.25, 0.3) is 0 Å². The van der Waals surface area contributed by atoms with Gasteiger partial charge in [-0.3, -0.25) is 4.68 Å². The summed E-state index contributed by atoms with van der Waals surface area (Å²) in [6.45, 7) is 15.8. The first-order chi connectivity index (χ1) is 23.2. The van der Waals surface area contributed by atoms with Crippen molar-refractivity contribution in [3.8, 4) is 34.1 Å². The summed E-state index contributed by atoms with van der Waals surface area (Å²) >= 11 is 0. The van der Waals surface area contributed by atoms with Crippen LogP contribution in [0, 0.1) is 44.7 Å². The zero-order chi connectivity index (χ0) is 33.5. The third-order valence-electron chi connectivity index (χ3n) is 9.08. The van der Waals surface area contributed by atoms with Crippen molar-refractivity contribution in [2.24, 2.45) is 11.8 Å². The zero-order valence-corrected chi connectivity index (χ0v) is 31.5. The molecule has 0 spiro atoms. The largest absolute Gasteiger partial charge is 2.00 e. The molecule has 49 heavy (non-hydrogen) atoms. The molecule has 0 aliphatic heterocycles. The van der Waals surface area contributed by atoms with Crippen LogP contribution in [0.3, 0.4) is 0 Å². The fourth-order valence-electron chi connectivity index (χ4n) is 6.83. The summed E-state index contributed by atoms with van der Waals surface area (Å²) in [5, 5.41) is 7.08. The van der Waals surface area contributed by atoms with Crippen molar-refractivity contribution in [3.63, 3.8) is 0 Å². The van der Waals surface area contributed by atoms with Crippen molar-refractivity contribution < 1.29 is 25.8 Å². The van der Waals surface area contributed by atoms with Gasteiger partial charge in [-0.25, -0.2) is 4.98 Å². The smallest absolute Gasteiger partial charge is 0.509 e. The van der Waals surface area contributed by atoms with Crippen LogP contribution in [-0.4, -0.2) is 19.3 Å². The minimum Gasteiger partial charge on any atom is -0.509 e. The monoisotopic (exact) mass is 825 g/mol. The van der Waals surface area contributed by atoms with Gasteiger partial charge in [-0.1, -0.05) is 57.5 Å². The van der Waals surface area contributed by atoms with E-state index in [1.807, 2.05) is 47.4 Å². The quantitative estimate of drug-likeness (QED) is 0.136. The van der Waals surface area contributed by atoms with Gasteiger partial charge < -0.3 is 9.30 Å². The zero-order valence-electron chi connectivity index (χ0n) is 29.2. The van der Waals surface area contributed by atoms with Crippen LogP contribution in [0.15, 0.2) is 91.4 Å². The summed E-state index contributed by atoms with van der Waals surface area (Å²) in [6, 6.07) is 31.9. The summed E-state index contributed by atoms with van der Waals surface area (Å²) in [5.41, 5.74) is 12.0. The summed E-state index contributed by atoms with van der Waals surface area (Å²) < 4.78 is 10.5. The maximum Gasteiger partial charge on any atom is 2.00 e. The van der Waals surface area contributed by atoms with Crippen LogP contribution in [-0.2, 0) is 33.9 Å².